The first kappa shape index (κ1) is 14.2. The number of benzene rings is 1. The van der Waals surface area contributed by atoms with Crippen LogP contribution < -0.4 is 56.8 Å². The first-order valence-corrected chi connectivity index (χ1v) is 4.17. The molecule has 0 atom stereocenters. The van der Waals surface area contributed by atoms with E-state index in [1.165, 1.54) is 13.0 Å². The Morgan fingerprint density at radius 3 is 2.15 bits per heavy atom. The molecular formula is C7H6BBrF3K. The van der Waals surface area contributed by atoms with Crippen molar-refractivity contribution in [2.75, 3.05) is 0 Å². The minimum atomic E-state index is -4.88. The van der Waals surface area contributed by atoms with Crippen LogP contribution >= 0.6 is 15.9 Å². The Morgan fingerprint density at radius 2 is 1.77 bits per heavy atom. The van der Waals surface area contributed by atoms with E-state index in [2.05, 4.69) is 15.9 Å². The molecule has 1 rings (SSSR count). The zero-order chi connectivity index (χ0) is 9.35. The summed E-state index contributed by atoms with van der Waals surface area (Å²) in [5.74, 6) is 0. The summed E-state index contributed by atoms with van der Waals surface area (Å²) < 4.78 is 37.3. The summed E-state index contributed by atoms with van der Waals surface area (Å²) in [7, 11) is 0. The molecule has 6 heteroatoms. The summed E-state index contributed by atoms with van der Waals surface area (Å²) in [6.45, 7) is -3.43. The molecule has 0 aliphatic rings. The van der Waals surface area contributed by atoms with Crippen LogP contribution in [0.5, 0.6) is 0 Å². The second-order valence-corrected chi connectivity index (χ2v) is 3.38. The van der Waals surface area contributed by atoms with E-state index in [1.54, 1.807) is 6.07 Å². The van der Waals surface area contributed by atoms with Crippen molar-refractivity contribution in [2.45, 2.75) is 6.92 Å². The molecule has 0 unspecified atom stereocenters. The van der Waals surface area contributed by atoms with Gasteiger partial charge in [-0.05, 0) is 13.0 Å². The Labute approximate surface area is 126 Å². The summed E-state index contributed by atoms with van der Waals surface area (Å²) >= 11 is 3.05. The second-order valence-electron chi connectivity index (χ2n) is 2.53. The molecule has 66 valence electrons. The van der Waals surface area contributed by atoms with Gasteiger partial charge >= 0.3 is 58.4 Å². The first-order valence-electron chi connectivity index (χ1n) is 3.38. The van der Waals surface area contributed by atoms with Gasteiger partial charge in [0.05, 0.1) is 0 Å². The predicted octanol–water partition coefficient (Wildman–Crippen LogP) is -0.184. The zero-order valence-corrected chi connectivity index (χ0v) is 12.0. The van der Waals surface area contributed by atoms with E-state index in [0.29, 0.717) is 4.47 Å². The van der Waals surface area contributed by atoms with Gasteiger partial charge in [0.15, 0.2) is 0 Å². The van der Waals surface area contributed by atoms with Crippen LogP contribution in [0.25, 0.3) is 0 Å². The first-order chi connectivity index (χ1) is 5.43. The Morgan fingerprint density at radius 1 is 1.23 bits per heavy atom. The average Bonchev–Trinajstić information content (AvgIpc) is 1.92. The summed E-state index contributed by atoms with van der Waals surface area (Å²) in [4.78, 5) is 0. The fourth-order valence-corrected chi connectivity index (χ4v) is 1.36. The number of hydrogen-bond donors (Lipinski definition) is 0. The Kier molecular flexibility index (Phi) is 5.81. The summed E-state index contributed by atoms with van der Waals surface area (Å²) in [6.07, 6.45) is 0. The van der Waals surface area contributed by atoms with E-state index >= 15 is 0 Å². The minimum Gasteiger partial charge on any atom is -0.445 e. The topological polar surface area (TPSA) is 0 Å². The summed E-state index contributed by atoms with van der Waals surface area (Å²) in [5, 5.41) is 0. The number of halogens is 4. The monoisotopic (exact) mass is 276 g/mol. The second kappa shape index (κ2) is 5.32. The smallest absolute Gasteiger partial charge is 0.445 e. The van der Waals surface area contributed by atoms with Gasteiger partial charge in [-0.2, -0.15) is 0 Å². The van der Waals surface area contributed by atoms with Crippen molar-refractivity contribution in [2.24, 2.45) is 0 Å². The molecular weight excluding hydrogens is 271 g/mol. The molecule has 0 heterocycles. The van der Waals surface area contributed by atoms with Crippen LogP contribution in [0.3, 0.4) is 0 Å². The largest absolute Gasteiger partial charge is 1.00 e. The molecule has 0 radical (unpaired) electrons. The molecule has 0 aliphatic carbocycles. The van der Waals surface area contributed by atoms with E-state index in [4.69, 9.17) is 0 Å². The number of hydrogen-bond acceptors (Lipinski definition) is 0. The van der Waals surface area contributed by atoms with E-state index < -0.39 is 12.4 Å². The van der Waals surface area contributed by atoms with Gasteiger partial charge in [-0.3, -0.25) is 0 Å². The van der Waals surface area contributed by atoms with Crippen LogP contribution in [0, 0.1) is 6.92 Å². The van der Waals surface area contributed by atoms with Crippen molar-refractivity contribution >= 4 is 28.4 Å². The van der Waals surface area contributed by atoms with E-state index in [0.717, 1.165) is 6.07 Å². The van der Waals surface area contributed by atoms with E-state index in [-0.39, 0.29) is 56.9 Å². The molecule has 0 nitrogen and oxygen atoms in total. The van der Waals surface area contributed by atoms with Gasteiger partial charge in [0.2, 0.25) is 0 Å². The van der Waals surface area contributed by atoms with Crippen LogP contribution in [0.4, 0.5) is 12.9 Å². The maximum atomic E-state index is 12.3. The Hall–Kier alpha value is 1.19. The van der Waals surface area contributed by atoms with Crippen LogP contribution in [-0.4, -0.2) is 6.98 Å². The molecule has 13 heavy (non-hydrogen) atoms. The third kappa shape index (κ3) is 3.68. The van der Waals surface area contributed by atoms with Crippen LogP contribution in [0.15, 0.2) is 22.7 Å². The van der Waals surface area contributed by atoms with Crippen LogP contribution in [0.1, 0.15) is 5.56 Å². The molecule has 0 aliphatic heterocycles. The SMILES string of the molecule is Cc1c(Br)cccc1[B-](F)(F)F.[K+]. The maximum Gasteiger partial charge on any atom is 1.00 e. The van der Waals surface area contributed by atoms with Crippen molar-refractivity contribution in [1.82, 2.24) is 0 Å². The molecule has 0 amide bonds. The molecule has 0 aromatic heterocycles. The molecule has 0 N–H and O–H groups in total. The van der Waals surface area contributed by atoms with Gasteiger partial charge in [-0.1, -0.05) is 33.6 Å². The third-order valence-corrected chi connectivity index (χ3v) is 2.52. The van der Waals surface area contributed by atoms with Crippen molar-refractivity contribution in [1.29, 1.82) is 0 Å². The maximum absolute atomic E-state index is 12.3. The summed E-state index contributed by atoms with van der Waals surface area (Å²) in [5.41, 5.74) is -0.269. The molecule has 0 bridgehead atoms. The van der Waals surface area contributed by atoms with Crippen molar-refractivity contribution in [3.05, 3.63) is 28.2 Å². The fraction of sp³-hybridized carbons (Fsp3) is 0.143. The molecule has 0 saturated carbocycles. The normalized spacial score (nSPS) is 10.8. The molecule has 0 saturated heterocycles. The zero-order valence-electron chi connectivity index (χ0n) is 7.32. The van der Waals surface area contributed by atoms with E-state index in [9.17, 15) is 12.9 Å². The molecule has 0 fully saturated rings. The Bertz CT molecular complexity index is 300. The van der Waals surface area contributed by atoms with Gasteiger partial charge in [0, 0.05) is 4.47 Å². The van der Waals surface area contributed by atoms with Gasteiger partial charge in [0.25, 0.3) is 0 Å². The van der Waals surface area contributed by atoms with Gasteiger partial charge in [-0.25, -0.2) is 0 Å². The van der Waals surface area contributed by atoms with E-state index in [1.807, 2.05) is 0 Å². The van der Waals surface area contributed by atoms with Gasteiger partial charge < -0.3 is 12.9 Å². The third-order valence-electron chi connectivity index (χ3n) is 1.66. The quantitative estimate of drug-likeness (QED) is 0.624. The van der Waals surface area contributed by atoms with Crippen molar-refractivity contribution in [3.63, 3.8) is 0 Å². The van der Waals surface area contributed by atoms with Crippen molar-refractivity contribution < 1.29 is 64.3 Å². The van der Waals surface area contributed by atoms with Crippen LogP contribution in [-0.2, 0) is 0 Å². The van der Waals surface area contributed by atoms with Gasteiger partial charge in [-0.15, -0.1) is 5.46 Å². The molecule has 1 aromatic rings. The minimum absolute atomic E-state index is 0. The Balaban J connectivity index is 0.00000144. The van der Waals surface area contributed by atoms with Gasteiger partial charge in [0.1, 0.15) is 0 Å². The predicted molar refractivity (Wildman–Crippen MR) is 47.6 cm³/mol. The fourth-order valence-electron chi connectivity index (χ4n) is 0.979. The van der Waals surface area contributed by atoms with Crippen molar-refractivity contribution in [3.8, 4) is 0 Å². The average molecular weight is 277 g/mol. The molecule has 1 aromatic carbocycles. The number of rotatable bonds is 1. The summed E-state index contributed by atoms with van der Waals surface area (Å²) in [6, 6.07) is 4.09. The standard InChI is InChI=1S/C7H6BBrF3.K/c1-5-6(8(10,11)12)3-2-4-7(5)9;/h2-4H,1H3;/q-1;+1. The molecule has 0 spiro atoms. The van der Waals surface area contributed by atoms with Crippen LogP contribution in [0.2, 0.25) is 0 Å².